The molecule has 5 nitrogen and oxygen atoms in total. The van der Waals surface area contributed by atoms with Crippen LogP contribution in [0.25, 0.3) is 0 Å². The number of ketones is 1. The number of hydrogen-bond donors (Lipinski definition) is 1. The van der Waals surface area contributed by atoms with Crippen LogP contribution in [0.2, 0.25) is 0 Å². The molecule has 0 aliphatic rings. The van der Waals surface area contributed by atoms with E-state index in [1.807, 2.05) is 6.26 Å². The minimum absolute atomic E-state index is 0.0234. The van der Waals surface area contributed by atoms with Crippen molar-refractivity contribution in [1.82, 2.24) is 9.36 Å². The molecule has 1 heterocycles. The minimum Gasteiger partial charge on any atom is -0.326 e. The SMILES string of the molecule is CSc1nsc(SCC(=O)c2ccc(NC(C)=O)cc2)n1. The molecule has 2 rings (SSSR count). The summed E-state index contributed by atoms with van der Waals surface area (Å²) < 4.78 is 4.94. The number of amides is 1. The number of nitrogens with zero attached hydrogens (tertiary/aromatic N) is 2. The van der Waals surface area contributed by atoms with E-state index in [0.717, 1.165) is 9.50 Å². The molecule has 0 bridgehead atoms. The summed E-state index contributed by atoms with van der Waals surface area (Å²) in [7, 11) is 0. The number of aromatic nitrogens is 2. The lowest BCUT2D eigenvalue weighted by molar-refractivity contribution is -0.114. The third-order valence-electron chi connectivity index (χ3n) is 2.43. The highest BCUT2D eigenvalue weighted by Crippen LogP contribution is 2.24. The lowest BCUT2D eigenvalue weighted by atomic mass is 10.1. The Balaban J connectivity index is 1.92. The molecule has 8 heteroatoms. The summed E-state index contributed by atoms with van der Waals surface area (Å²) in [5.41, 5.74) is 1.30. The first kappa shape index (κ1) is 16.0. The fourth-order valence-corrected chi connectivity index (χ4v) is 3.60. The highest BCUT2D eigenvalue weighted by atomic mass is 32.2. The van der Waals surface area contributed by atoms with Gasteiger partial charge >= 0.3 is 0 Å². The molecule has 0 aliphatic heterocycles. The van der Waals surface area contributed by atoms with Crippen molar-refractivity contribution < 1.29 is 9.59 Å². The van der Waals surface area contributed by atoms with Crippen LogP contribution in [-0.4, -0.2) is 33.1 Å². The summed E-state index contributed by atoms with van der Waals surface area (Å²) >= 11 is 4.17. The van der Waals surface area contributed by atoms with Gasteiger partial charge in [0, 0.05) is 18.2 Å². The Hall–Kier alpha value is -1.38. The zero-order valence-electron chi connectivity index (χ0n) is 11.5. The maximum atomic E-state index is 12.1. The number of anilines is 1. The summed E-state index contributed by atoms with van der Waals surface area (Å²) in [4.78, 5) is 27.3. The van der Waals surface area contributed by atoms with Gasteiger partial charge in [0.15, 0.2) is 10.1 Å². The maximum Gasteiger partial charge on any atom is 0.221 e. The fraction of sp³-hybridized carbons (Fsp3) is 0.231. The second kappa shape index (κ2) is 7.58. The Kier molecular flexibility index (Phi) is 5.77. The van der Waals surface area contributed by atoms with E-state index in [9.17, 15) is 9.59 Å². The molecular formula is C13H13N3O2S3. The Morgan fingerprint density at radius 3 is 2.57 bits per heavy atom. The number of benzene rings is 1. The van der Waals surface area contributed by atoms with Crippen LogP contribution in [0, 0.1) is 0 Å². The minimum atomic E-state index is -0.134. The number of thioether (sulfide) groups is 2. The third kappa shape index (κ3) is 4.83. The van der Waals surface area contributed by atoms with Gasteiger partial charge in [-0.15, -0.1) is 0 Å². The van der Waals surface area contributed by atoms with E-state index in [1.54, 1.807) is 24.3 Å². The second-order valence-corrected chi connectivity index (χ2v) is 6.77. The van der Waals surface area contributed by atoms with E-state index < -0.39 is 0 Å². The Morgan fingerprint density at radius 1 is 1.29 bits per heavy atom. The predicted molar refractivity (Wildman–Crippen MR) is 87.5 cm³/mol. The lowest BCUT2D eigenvalue weighted by Gasteiger charge is -2.03. The molecule has 1 aromatic carbocycles. The molecule has 0 atom stereocenters. The van der Waals surface area contributed by atoms with Crippen molar-refractivity contribution in [3.8, 4) is 0 Å². The zero-order valence-corrected chi connectivity index (χ0v) is 13.9. The van der Waals surface area contributed by atoms with Crippen LogP contribution in [0.3, 0.4) is 0 Å². The van der Waals surface area contributed by atoms with E-state index in [0.29, 0.717) is 17.0 Å². The van der Waals surface area contributed by atoms with Gasteiger partial charge in [0.25, 0.3) is 0 Å². The molecule has 0 fully saturated rings. The Labute approximate surface area is 135 Å². The molecule has 21 heavy (non-hydrogen) atoms. The average molecular weight is 339 g/mol. The highest BCUT2D eigenvalue weighted by molar-refractivity contribution is 8.01. The summed E-state index contributed by atoms with van der Waals surface area (Å²) in [6.07, 6.45) is 1.91. The predicted octanol–water partition coefficient (Wildman–Crippen LogP) is 3.19. The summed E-state index contributed by atoms with van der Waals surface area (Å²) in [5, 5.41) is 3.39. The van der Waals surface area contributed by atoms with Crippen LogP contribution >= 0.6 is 35.1 Å². The van der Waals surface area contributed by atoms with Gasteiger partial charge in [-0.1, -0.05) is 23.5 Å². The first-order valence-electron chi connectivity index (χ1n) is 6.00. The Morgan fingerprint density at radius 2 is 2.00 bits per heavy atom. The molecule has 1 aromatic heterocycles. The molecule has 0 aliphatic carbocycles. The smallest absolute Gasteiger partial charge is 0.221 e. The summed E-state index contributed by atoms with van der Waals surface area (Å²) in [5.74, 6) is 0.212. The normalized spacial score (nSPS) is 10.4. The van der Waals surface area contributed by atoms with Crippen molar-refractivity contribution in [2.75, 3.05) is 17.3 Å². The summed E-state index contributed by atoms with van der Waals surface area (Å²) in [6, 6.07) is 6.86. The summed E-state index contributed by atoms with van der Waals surface area (Å²) in [6.45, 7) is 1.45. The molecular weight excluding hydrogens is 326 g/mol. The van der Waals surface area contributed by atoms with E-state index >= 15 is 0 Å². The number of carbonyl (C=O) groups is 2. The molecule has 0 saturated heterocycles. The van der Waals surface area contributed by atoms with Crippen LogP contribution in [0.15, 0.2) is 33.8 Å². The lowest BCUT2D eigenvalue weighted by Crippen LogP contribution is -2.06. The van der Waals surface area contributed by atoms with Gasteiger partial charge in [-0.05, 0) is 42.1 Å². The highest BCUT2D eigenvalue weighted by Gasteiger charge is 2.10. The quantitative estimate of drug-likeness (QED) is 0.644. The maximum absolute atomic E-state index is 12.1. The van der Waals surface area contributed by atoms with Gasteiger partial charge in [0.05, 0.1) is 5.75 Å². The molecule has 110 valence electrons. The first-order valence-corrected chi connectivity index (χ1v) is 8.98. The van der Waals surface area contributed by atoms with Gasteiger partial charge in [0.1, 0.15) is 0 Å². The number of carbonyl (C=O) groups excluding carboxylic acids is 2. The standard InChI is InChI=1S/C13H13N3O2S3/c1-8(17)14-10-5-3-9(4-6-10)11(18)7-20-13-15-12(19-2)16-21-13/h3-6H,7H2,1-2H3,(H,14,17). The van der Waals surface area contributed by atoms with Crippen molar-refractivity contribution in [2.45, 2.75) is 16.4 Å². The van der Waals surface area contributed by atoms with Crippen molar-refractivity contribution in [3.05, 3.63) is 29.8 Å². The van der Waals surface area contributed by atoms with Crippen molar-refractivity contribution >= 4 is 52.4 Å². The zero-order chi connectivity index (χ0) is 15.2. The van der Waals surface area contributed by atoms with Crippen LogP contribution in [0.4, 0.5) is 5.69 Å². The van der Waals surface area contributed by atoms with Gasteiger partial charge in [-0.25, -0.2) is 4.98 Å². The second-order valence-electron chi connectivity index (χ2n) is 4.02. The van der Waals surface area contributed by atoms with Crippen molar-refractivity contribution in [3.63, 3.8) is 0 Å². The molecule has 1 N–H and O–H groups in total. The molecule has 0 spiro atoms. The number of rotatable bonds is 6. The largest absolute Gasteiger partial charge is 0.326 e. The third-order valence-corrected chi connectivity index (χ3v) is 4.92. The van der Waals surface area contributed by atoms with Crippen molar-refractivity contribution in [1.29, 1.82) is 0 Å². The number of Topliss-reactive ketones (excluding diaryl/α,β-unsaturated/α-hetero) is 1. The van der Waals surface area contributed by atoms with E-state index in [4.69, 9.17) is 0 Å². The number of hydrogen-bond acceptors (Lipinski definition) is 7. The van der Waals surface area contributed by atoms with Crippen LogP contribution in [0.5, 0.6) is 0 Å². The van der Waals surface area contributed by atoms with Crippen LogP contribution < -0.4 is 5.32 Å². The fourth-order valence-electron chi connectivity index (χ4n) is 1.49. The van der Waals surface area contributed by atoms with Crippen LogP contribution in [0.1, 0.15) is 17.3 Å². The van der Waals surface area contributed by atoms with Gasteiger partial charge < -0.3 is 5.32 Å². The number of nitrogens with one attached hydrogen (secondary N) is 1. The monoisotopic (exact) mass is 339 g/mol. The van der Waals surface area contributed by atoms with Gasteiger partial charge in [-0.3, -0.25) is 9.59 Å². The molecule has 0 radical (unpaired) electrons. The molecule has 2 aromatic rings. The molecule has 0 saturated carbocycles. The topological polar surface area (TPSA) is 72.0 Å². The van der Waals surface area contributed by atoms with Crippen LogP contribution in [-0.2, 0) is 4.79 Å². The van der Waals surface area contributed by atoms with E-state index in [1.165, 1.54) is 42.0 Å². The first-order chi connectivity index (χ1) is 10.1. The van der Waals surface area contributed by atoms with E-state index in [-0.39, 0.29) is 11.7 Å². The van der Waals surface area contributed by atoms with E-state index in [2.05, 4.69) is 14.7 Å². The molecule has 1 amide bonds. The van der Waals surface area contributed by atoms with Crippen molar-refractivity contribution in [2.24, 2.45) is 0 Å². The van der Waals surface area contributed by atoms with Gasteiger partial charge in [0.2, 0.25) is 11.1 Å². The average Bonchev–Trinajstić information content (AvgIpc) is 2.93. The van der Waals surface area contributed by atoms with Gasteiger partial charge in [-0.2, -0.15) is 4.37 Å². The molecule has 0 unspecified atom stereocenters. The Bertz CT molecular complexity index is 640.